The first-order chi connectivity index (χ1) is 12.8. The van der Waals surface area contributed by atoms with E-state index in [1.807, 2.05) is 0 Å². The highest BCUT2D eigenvalue weighted by Gasteiger charge is 2.37. The summed E-state index contributed by atoms with van der Waals surface area (Å²) >= 11 is 12.1. The fourth-order valence-electron chi connectivity index (χ4n) is 2.69. The number of nitrogens with zero attached hydrogens (tertiary/aromatic N) is 1. The molecule has 0 spiro atoms. The standard InChI is InChI=1S/C19H14Cl2N2O4/c1-10-14(21)4-3-5-15(10)23-18(25)13(17(24)22-19(23)26)9-11-8-12(20)6-7-16(11)27-2/h3-9H,1-2H3,(H,22,24,26)/b13-9+. The lowest BCUT2D eigenvalue weighted by Crippen LogP contribution is -2.54. The van der Waals surface area contributed by atoms with Crippen molar-refractivity contribution in [1.82, 2.24) is 5.32 Å². The third kappa shape index (κ3) is 3.54. The lowest BCUT2D eigenvalue weighted by atomic mass is 10.0. The third-order valence-electron chi connectivity index (χ3n) is 4.07. The molecule has 1 heterocycles. The van der Waals surface area contributed by atoms with Gasteiger partial charge in [-0.1, -0.05) is 29.3 Å². The van der Waals surface area contributed by atoms with E-state index in [0.717, 1.165) is 4.90 Å². The fraction of sp³-hybridized carbons (Fsp3) is 0.105. The SMILES string of the molecule is COc1ccc(Cl)cc1/C=C1\C(=O)NC(=O)N(c2cccc(Cl)c2C)C1=O. The molecule has 0 atom stereocenters. The molecule has 1 aliphatic rings. The summed E-state index contributed by atoms with van der Waals surface area (Å²) in [6.07, 6.45) is 1.34. The number of carbonyl (C=O) groups is 3. The highest BCUT2D eigenvalue weighted by Crippen LogP contribution is 2.31. The van der Waals surface area contributed by atoms with E-state index in [1.165, 1.54) is 13.2 Å². The van der Waals surface area contributed by atoms with Gasteiger partial charge in [-0.05, 0) is 48.9 Å². The van der Waals surface area contributed by atoms with Gasteiger partial charge in [-0.15, -0.1) is 0 Å². The van der Waals surface area contributed by atoms with Crippen LogP contribution in [0.3, 0.4) is 0 Å². The largest absolute Gasteiger partial charge is 0.496 e. The van der Waals surface area contributed by atoms with Crippen molar-refractivity contribution in [2.24, 2.45) is 0 Å². The number of imide groups is 2. The summed E-state index contributed by atoms with van der Waals surface area (Å²) in [6.45, 7) is 1.68. The van der Waals surface area contributed by atoms with Crippen molar-refractivity contribution in [3.63, 3.8) is 0 Å². The third-order valence-corrected chi connectivity index (χ3v) is 4.72. The molecule has 1 saturated heterocycles. The zero-order valence-electron chi connectivity index (χ0n) is 14.4. The number of urea groups is 1. The van der Waals surface area contributed by atoms with E-state index in [2.05, 4.69) is 5.32 Å². The van der Waals surface area contributed by atoms with Crippen LogP contribution in [0.2, 0.25) is 10.0 Å². The molecule has 1 aliphatic heterocycles. The zero-order chi connectivity index (χ0) is 19.7. The number of amides is 4. The molecule has 3 rings (SSSR count). The molecule has 27 heavy (non-hydrogen) atoms. The summed E-state index contributed by atoms with van der Waals surface area (Å²) < 4.78 is 5.24. The second kappa shape index (κ2) is 7.42. The molecule has 0 aromatic heterocycles. The van der Waals surface area contributed by atoms with Gasteiger partial charge in [-0.2, -0.15) is 0 Å². The summed E-state index contributed by atoms with van der Waals surface area (Å²) in [4.78, 5) is 38.4. The second-order valence-corrected chi connectivity index (χ2v) is 6.57. The molecule has 0 saturated carbocycles. The topological polar surface area (TPSA) is 75.7 Å². The van der Waals surface area contributed by atoms with Gasteiger partial charge in [0.25, 0.3) is 11.8 Å². The van der Waals surface area contributed by atoms with E-state index in [-0.39, 0.29) is 5.57 Å². The Balaban J connectivity index is 2.11. The Bertz CT molecular complexity index is 1000. The van der Waals surface area contributed by atoms with Crippen LogP contribution in [0, 0.1) is 6.92 Å². The first-order valence-corrected chi connectivity index (χ1v) is 8.59. The van der Waals surface area contributed by atoms with Crippen LogP contribution in [0.5, 0.6) is 5.75 Å². The number of anilines is 1. The maximum atomic E-state index is 13.0. The lowest BCUT2D eigenvalue weighted by Gasteiger charge is -2.27. The van der Waals surface area contributed by atoms with Crippen LogP contribution < -0.4 is 15.0 Å². The van der Waals surface area contributed by atoms with Crippen LogP contribution in [0.1, 0.15) is 11.1 Å². The van der Waals surface area contributed by atoms with E-state index < -0.39 is 17.8 Å². The van der Waals surface area contributed by atoms with Crippen LogP contribution >= 0.6 is 23.2 Å². The van der Waals surface area contributed by atoms with Crippen LogP contribution in [0.4, 0.5) is 10.5 Å². The molecule has 1 fully saturated rings. The minimum absolute atomic E-state index is 0.227. The molecule has 0 unspecified atom stereocenters. The summed E-state index contributed by atoms with van der Waals surface area (Å²) in [5.74, 6) is -1.14. The molecule has 2 aromatic carbocycles. The van der Waals surface area contributed by atoms with Gasteiger partial charge >= 0.3 is 6.03 Å². The van der Waals surface area contributed by atoms with Crippen molar-refractivity contribution in [2.45, 2.75) is 6.92 Å². The maximum Gasteiger partial charge on any atom is 0.335 e. The number of ether oxygens (including phenoxy) is 1. The Morgan fingerprint density at radius 2 is 1.85 bits per heavy atom. The molecule has 0 bridgehead atoms. The number of carbonyl (C=O) groups excluding carboxylic acids is 3. The molecule has 1 N–H and O–H groups in total. The van der Waals surface area contributed by atoms with Gasteiger partial charge in [0.2, 0.25) is 0 Å². The van der Waals surface area contributed by atoms with E-state index in [1.54, 1.807) is 43.3 Å². The minimum Gasteiger partial charge on any atom is -0.496 e. The van der Waals surface area contributed by atoms with Gasteiger partial charge in [0, 0.05) is 15.6 Å². The van der Waals surface area contributed by atoms with Crippen LogP contribution in [-0.2, 0) is 9.59 Å². The summed E-state index contributed by atoms with van der Waals surface area (Å²) in [5, 5.41) is 2.97. The molecule has 0 radical (unpaired) electrons. The van der Waals surface area contributed by atoms with Crippen molar-refractivity contribution < 1.29 is 19.1 Å². The van der Waals surface area contributed by atoms with Gasteiger partial charge in [0.15, 0.2) is 0 Å². The highest BCUT2D eigenvalue weighted by atomic mass is 35.5. The van der Waals surface area contributed by atoms with Gasteiger partial charge in [-0.25, -0.2) is 9.69 Å². The van der Waals surface area contributed by atoms with Gasteiger partial charge in [0.1, 0.15) is 11.3 Å². The van der Waals surface area contributed by atoms with Gasteiger partial charge < -0.3 is 4.74 Å². The Morgan fingerprint density at radius 1 is 1.11 bits per heavy atom. The number of rotatable bonds is 3. The average molecular weight is 405 g/mol. The predicted molar refractivity (Wildman–Crippen MR) is 103 cm³/mol. The molecule has 138 valence electrons. The van der Waals surface area contributed by atoms with Crippen molar-refractivity contribution in [3.05, 3.63) is 63.1 Å². The van der Waals surface area contributed by atoms with Gasteiger partial charge in [-0.3, -0.25) is 14.9 Å². The van der Waals surface area contributed by atoms with Crippen molar-refractivity contribution in [1.29, 1.82) is 0 Å². The van der Waals surface area contributed by atoms with Gasteiger partial charge in [0.05, 0.1) is 12.8 Å². The fourth-order valence-corrected chi connectivity index (χ4v) is 3.04. The average Bonchev–Trinajstić information content (AvgIpc) is 2.62. The highest BCUT2D eigenvalue weighted by molar-refractivity contribution is 6.40. The summed E-state index contributed by atoms with van der Waals surface area (Å²) in [5.41, 5.74) is 1.04. The number of halogens is 2. The molecule has 6 nitrogen and oxygen atoms in total. The smallest absolute Gasteiger partial charge is 0.335 e. The van der Waals surface area contributed by atoms with E-state index >= 15 is 0 Å². The Labute approximate surface area is 165 Å². The maximum absolute atomic E-state index is 13.0. The molecular weight excluding hydrogens is 391 g/mol. The molecule has 4 amide bonds. The number of hydrogen-bond donors (Lipinski definition) is 1. The number of hydrogen-bond acceptors (Lipinski definition) is 4. The summed E-state index contributed by atoms with van der Waals surface area (Å²) in [6, 6.07) is 8.79. The van der Waals surface area contributed by atoms with Crippen molar-refractivity contribution in [3.8, 4) is 5.75 Å². The normalized spacial score (nSPS) is 15.9. The van der Waals surface area contributed by atoms with Crippen LogP contribution in [-0.4, -0.2) is 25.0 Å². The van der Waals surface area contributed by atoms with Crippen LogP contribution in [0.25, 0.3) is 6.08 Å². The minimum atomic E-state index is -0.842. The Morgan fingerprint density at radius 3 is 2.56 bits per heavy atom. The second-order valence-electron chi connectivity index (χ2n) is 5.73. The number of nitrogens with one attached hydrogen (secondary N) is 1. The first kappa shape index (κ1) is 18.9. The lowest BCUT2D eigenvalue weighted by molar-refractivity contribution is -0.122. The molecular formula is C19H14Cl2N2O4. The molecule has 2 aromatic rings. The number of benzene rings is 2. The van der Waals surface area contributed by atoms with E-state index in [0.29, 0.717) is 32.6 Å². The van der Waals surface area contributed by atoms with E-state index in [9.17, 15) is 14.4 Å². The number of barbiturate groups is 1. The number of methoxy groups -OCH3 is 1. The monoisotopic (exact) mass is 404 g/mol. The van der Waals surface area contributed by atoms with E-state index in [4.69, 9.17) is 27.9 Å². The van der Waals surface area contributed by atoms with Crippen LogP contribution in [0.15, 0.2) is 42.0 Å². The Kier molecular flexibility index (Phi) is 5.21. The first-order valence-electron chi connectivity index (χ1n) is 7.83. The molecule has 0 aliphatic carbocycles. The quantitative estimate of drug-likeness (QED) is 0.619. The zero-order valence-corrected chi connectivity index (χ0v) is 15.9. The Hall–Kier alpha value is -2.83. The predicted octanol–water partition coefficient (Wildman–Crippen LogP) is 3.98. The molecule has 8 heteroatoms. The van der Waals surface area contributed by atoms with Crippen molar-refractivity contribution >= 4 is 52.8 Å². The van der Waals surface area contributed by atoms with Crippen molar-refractivity contribution in [2.75, 3.05) is 12.0 Å². The summed E-state index contributed by atoms with van der Waals surface area (Å²) in [7, 11) is 1.46.